The fraction of sp³-hybridized carbons (Fsp3) is 0.304. The van der Waals surface area contributed by atoms with Crippen molar-refractivity contribution in [2.75, 3.05) is 43.6 Å². The molecule has 0 spiro atoms. The Kier molecular flexibility index (Phi) is 7.13. The van der Waals surface area contributed by atoms with E-state index in [0.717, 1.165) is 11.1 Å². The van der Waals surface area contributed by atoms with Crippen molar-refractivity contribution < 1.29 is 38.3 Å². The number of ether oxygens (including phenoxy) is 4. The standard InChI is InChI=1S/C23H25FN6O7/c1-23(2)21(31)30(11-36-32)20-14(37-23)6-7-17(28-20)27-19-13(24)10-25-22(29-19)26-12-8-15(33-3)18(35-5)16(9-12)34-4/h6-10,32H,11H2,1-5H3,(H2,25,26,27,28,29). The zero-order valence-electron chi connectivity index (χ0n) is 20.7. The third-order valence-corrected chi connectivity index (χ3v) is 5.32. The molecule has 4 rings (SSSR count). The Morgan fingerprint density at radius 3 is 2.41 bits per heavy atom. The first-order chi connectivity index (χ1) is 17.7. The van der Waals surface area contributed by atoms with Gasteiger partial charge in [-0.3, -0.25) is 9.69 Å². The van der Waals surface area contributed by atoms with Gasteiger partial charge in [0.25, 0.3) is 5.91 Å². The molecule has 13 nitrogen and oxygen atoms in total. The summed E-state index contributed by atoms with van der Waals surface area (Å²) in [5.74, 6) is 0.352. The molecule has 196 valence electrons. The smallest absolute Gasteiger partial charge is 0.273 e. The molecule has 0 aliphatic carbocycles. The zero-order chi connectivity index (χ0) is 26.7. The maximum atomic E-state index is 14.6. The molecule has 1 amide bonds. The number of methoxy groups -OCH3 is 3. The Morgan fingerprint density at radius 1 is 1.08 bits per heavy atom. The van der Waals surface area contributed by atoms with Crippen LogP contribution in [0.15, 0.2) is 30.5 Å². The topological polar surface area (TPSA) is 149 Å². The van der Waals surface area contributed by atoms with Crippen LogP contribution < -0.4 is 34.5 Å². The minimum absolute atomic E-state index is 0.0618. The maximum absolute atomic E-state index is 14.6. The number of rotatable bonds is 9. The van der Waals surface area contributed by atoms with E-state index in [-0.39, 0.29) is 29.2 Å². The van der Waals surface area contributed by atoms with Gasteiger partial charge < -0.3 is 29.6 Å². The number of aromatic nitrogens is 3. The first-order valence-corrected chi connectivity index (χ1v) is 10.9. The number of fused-ring (bicyclic) bond motifs is 1. The van der Waals surface area contributed by atoms with Crippen LogP contribution in [0.4, 0.5) is 33.5 Å². The number of carbonyl (C=O) groups excluding carboxylic acids is 1. The van der Waals surface area contributed by atoms with Crippen molar-refractivity contribution in [3.63, 3.8) is 0 Å². The van der Waals surface area contributed by atoms with E-state index in [4.69, 9.17) is 24.2 Å². The summed E-state index contributed by atoms with van der Waals surface area (Å²) in [6.45, 7) is 2.68. The monoisotopic (exact) mass is 516 g/mol. The van der Waals surface area contributed by atoms with Crippen LogP contribution in [0.1, 0.15) is 13.8 Å². The second-order valence-corrected chi connectivity index (χ2v) is 8.18. The highest BCUT2D eigenvalue weighted by Crippen LogP contribution is 2.41. The van der Waals surface area contributed by atoms with Crippen molar-refractivity contribution in [3.05, 3.63) is 36.3 Å². The fourth-order valence-electron chi connectivity index (χ4n) is 3.61. The molecule has 0 radical (unpaired) electrons. The molecule has 37 heavy (non-hydrogen) atoms. The molecule has 0 fully saturated rings. The molecule has 1 aromatic carbocycles. The predicted molar refractivity (Wildman–Crippen MR) is 130 cm³/mol. The second kappa shape index (κ2) is 10.3. The van der Waals surface area contributed by atoms with Gasteiger partial charge in [-0.2, -0.15) is 4.98 Å². The van der Waals surface area contributed by atoms with Gasteiger partial charge in [0.05, 0.1) is 27.5 Å². The van der Waals surface area contributed by atoms with Gasteiger partial charge in [-0.15, -0.1) is 0 Å². The van der Waals surface area contributed by atoms with Gasteiger partial charge in [-0.25, -0.2) is 24.5 Å². The number of hydrogen-bond acceptors (Lipinski definition) is 12. The molecular weight excluding hydrogens is 491 g/mol. The van der Waals surface area contributed by atoms with E-state index in [0.29, 0.717) is 22.9 Å². The molecule has 1 aliphatic heterocycles. The van der Waals surface area contributed by atoms with Gasteiger partial charge in [-0.05, 0) is 26.0 Å². The molecule has 0 saturated carbocycles. The summed E-state index contributed by atoms with van der Waals surface area (Å²) >= 11 is 0. The molecule has 0 saturated heterocycles. The van der Waals surface area contributed by atoms with E-state index in [2.05, 4.69) is 30.5 Å². The molecule has 0 bridgehead atoms. The molecule has 14 heteroatoms. The van der Waals surface area contributed by atoms with Crippen LogP contribution in [-0.2, 0) is 9.68 Å². The Balaban J connectivity index is 1.62. The largest absolute Gasteiger partial charge is 0.493 e. The predicted octanol–water partition coefficient (Wildman–Crippen LogP) is 3.47. The first-order valence-electron chi connectivity index (χ1n) is 10.9. The van der Waals surface area contributed by atoms with Crippen molar-refractivity contribution in [3.8, 4) is 23.0 Å². The lowest BCUT2D eigenvalue weighted by molar-refractivity contribution is -0.242. The number of anilines is 5. The summed E-state index contributed by atoms with van der Waals surface area (Å²) in [6.07, 6.45) is 0.981. The lowest BCUT2D eigenvalue weighted by atomic mass is 10.1. The summed E-state index contributed by atoms with van der Waals surface area (Å²) in [7, 11) is 4.45. The normalized spacial score (nSPS) is 13.9. The van der Waals surface area contributed by atoms with Gasteiger partial charge in [0, 0.05) is 17.8 Å². The van der Waals surface area contributed by atoms with Crippen LogP contribution >= 0.6 is 0 Å². The number of pyridine rings is 1. The quantitative estimate of drug-likeness (QED) is 0.282. The SMILES string of the molecule is COc1cc(Nc2ncc(F)c(Nc3ccc4c(n3)N(COO)C(=O)C(C)(C)O4)n2)cc(OC)c1OC. The van der Waals surface area contributed by atoms with Crippen LogP contribution in [-0.4, -0.2) is 59.8 Å². The van der Waals surface area contributed by atoms with E-state index < -0.39 is 24.1 Å². The lowest BCUT2D eigenvalue weighted by Crippen LogP contribution is -2.53. The first kappa shape index (κ1) is 25.7. The van der Waals surface area contributed by atoms with Crippen molar-refractivity contribution in [1.82, 2.24) is 15.0 Å². The summed E-state index contributed by atoms with van der Waals surface area (Å²) < 4.78 is 36.3. The highest BCUT2D eigenvalue weighted by atomic mass is 19.1. The van der Waals surface area contributed by atoms with Gasteiger partial charge in [-0.1, -0.05) is 0 Å². The molecular formula is C23H25FN6O7. The highest BCUT2D eigenvalue weighted by Gasteiger charge is 2.42. The van der Waals surface area contributed by atoms with Gasteiger partial charge in [0.15, 0.2) is 47.0 Å². The number of benzene rings is 1. The zero-order valence-corrected chi connectivity index (χ0v) is 20.7. The Bertz CT molecular complexity index is 1300. The summed E-state index contributed by atoms with van der Waals surface area (Å²) in [4.78, 5) is 30.5. The van der Waals surface area contributed by atoms with E-state index in [9.17, 15) is 9.18 Å². The number of amides is 1. The molecule has 3 aromatic rings. The number of hydrogen-bond donors (Lipinski definition) is 3. The number of nitrogens with one attached hydrogen (secondary N) is 2. The van der Waals surface area contributed by atoms with Crippen LogP contribution in [0.2, 0.25) is 0 Å². The number of halogens is 1. The number of carbonyl (C=O) groups is 1. The maximum Gasteiger partial charge on any atom is 0.273 e. The highest BCUT2D eigenvalue weighted by molar-refractivity contribution is 6.01. The van der Waals surface area contributed by atoms with E-state index >= 15 is 0 Å². The average Bonchev–Trinajstić information content (AvgIpc) is 2.88. The van der Waals surface area contributed by atoms with Crippen LogP contribution in [0.25, 0.3) is 0 Å². The molecule has 3 heterocycles. The minimum Gasteiger partial charge on any atom is -0.493 e. The summed E-state index contributed by atoms with van der Waals surface area (Å²) in [5, 5.41) is 14.7. The Hall–Kier alpha value is -4.43. The summed E-state index contributed by atoms with van der Waals surface area (Å²) in [5.41, 5.74) is -0.703. The third-order valence-electron chi connectivity index (χ3n) is 5.32. The number of nitrogens with zero attached hydrogens (tertiary/aromatic N) is 4. The molecule has 3 N–H and O–H groups in total. The van der Waals surface area contributed by atoms with Crippen molar-refractivity contribution >= 4 is 35.0 Å². The van der Waals surface area contributed by atoms with Gasteiger partial charge >= 0.3 is 0 Å². The van der Waals surface area contributed by atoms with Gasteiger partial charge in [0.1, 0.15) is 5.82 Å². The lowest BCUT2D eigenvalue weighted by Gasteiger charge is -2.37. The second-order valence-electron chi connectivity index (χ2n) is 8.18. The van der Waals surface area contributed by atoms with Crippen molar-refractivity contribution in [2.24, 2.45) is 0 Å². The van der Waals surface area contributed by atoms with Crippen molar-refractivity contribution in [1.29, 1.82) is 0 Å². The van der Waals surface area contributed by atoms with Crippen LogP contribution in [0.5, 0.6) is 23.0 Å². The van der Waals surface area contributed by atoms with E-state index in [1.54, 1.807) is 32.0 Å². The van der Waals surface area contributed by atoms with Gasteiger partial charge in [0.2, 0.25) is 11.7 Å². The van der Waals surface area contributed by atoms with E-state index in [1.807, 2.05) is 0 Å². The minimum atomic E-state index is -1.20. The van der Waals surface area contributed by atoms with Crippen LogP contribution in [0.3, 0.4) is 0 Å². The van der Waals surface area contributed by atoms with Crippen molar-refractivity contribution in [2.45, 2.75) is 19.4 Å². The third kappa shape index (κ3) is 5.10. The molecule has 0 atom stereocenters. The summed E-state index contributed by atoms with van der Waals surface area (Å²) in [6, 6.07) is 6.36. The van der Waals surface area contributed by atoms with Crippen LogP contribution in [0, 0.1) is 5.82 Å². The molecule has 2 aromatic heterocycles. The average molecular weight is 516 g/mol. The van der Waals surface area contributed by atoms with E-state index in [1.165, 1.54) is 27.4 Å². The molecule has 1 aliphatic rings. The Labute approximate surface area is 211 Å². The fourth-order valence-corrected chi connectivity index (χ4v) is 3.61. The molecule has 0 unspecified atom stereocenters. The Morgan fingerprint density at radius 2 is 1.78 bits per heavy atom.